The minimum Gasteiger partial charge on any atom is -0.461 e. The van der Waals surface area contributed by atoms with Gasteiger partial charge in [-0.3, -0.25) is 4.72 Å². The number of rotatable bonds is 8. The highest BCUT2D eigenvalue weighted by Crippen LogP contribution is 2.33. The molecule has 0 bridgehead atoms. The molecule has 3 rings (SSSR count). The number of H-pyrrole nitrogens is 1. The molecule has 0 saturated heterocycles. The number of fused-ring (bicyclic) bond motifs is 1. The second kappa shape index (κ2) is 8.17. The smallest absolute Gasteiger partial charge is 0.354 e. The van der Waals surface area contributed by atoms with Crippen LogP contribution in [0.3, 0.4) is 0 Å². The second-order valence-electron chi connectivity index (χ2n) is 6.16. The van der Waals surface area contributed by atoms with E-state index in [-0.39, 0.29) is 43.7 Å². The van der Waals surface area contributed by atoms with E-state index in [0.29, 0.717) is 6.42 Å². The summed E-state index contributed by atoms with van der Waals surface area (Å²) < 4.78 is 58.1. The molecule has 8 nitrogen and oxygen atoms in total. The van der Waals surface area contributed by atoms with Crippen LogP contribution in [0, 0.1) is 0 Å². The van der Waals surface area contributed by atoms with E-state index in [4.69, 9.17) is 4.74 Å². The van der Waals surface area contributed by atoms with E-state index < -0.39 is 25.8 Å². The Labute approximate surface area is 172 Å². The normalized spacial score (nSPS) is 12.2. The molecule has 1 aromatic carbocycles. The van der Waals surface area contributed by atoms with Crippen LogP contribution in [0.15, 0.2) is 44.8 Å². The summed E-state index contributed by atoms with van der Waals surface area (Å²) in [5.74, 6) is -0.725. The van der Waals surface area contributed by atoms with Crippen LogP contribution >= 0.6 is 11.3 Å². The van der Waals surface area contributed by atoms with Gasteiger partial charge in [0.05, 0.1) is 28.5 Å². The molecule has 0 radical (unpaired) electrons. The topological polar surface area (TPSA) is 122 Å². The molecular weight excluding hydrogens is 436 g/mol. The van der Waals surface area contributed by atoms with Gasteiger partial charge in [0, 0.05) is 5.39 Å². The third-order valence-corrected chi connectivity index (χ3v) is 8.80. The summed E-state index contributed by atoms with van der Waals surface area (Å²) in [7, 11) is -7.47. The quantitative estimate of drug-likeness (QED) is 0.501. The van der Waals surface area contributed by atoms with Gasteiger partial charge in [0.15, 0.2) is 9.84 Å². The van der Waals surface area contributed by atoms with Gasteiger partial charge in [0.25, 0.3) is 10.0 Å². The third-order valence-electron chi connectivity index (χ3n) is 4.06. The number of ether oxygens (including phenoxy) is 1. The van der Waals surface area contributed by atoms with Crippen molar-refractivity contribution in [3.8, 4) is 0 Å². The number of carbonyl (C=O) groups excluding carboxylic acids is 1. The zero-order chi connectivity index (χ0) is 21.2. The summed E-state index contributed by atoms with van der Waals surface area (Å²) in [4.78, 5) is 15.0. The van der Waals surface area contributed by atoms with Crippen LogP contribution in [-0.2, 0) is 24.6 Å². The van der Waals surface area contributed by atoms with Crippen LogP contribution in [0.4, 0.5) is 5.69 Å². The highest BCUT2D eigenvalue weighted by molar-refractivity contribution is 7.94. The number of thiophene rings is 1. The maximum atomic E-state index is 12.7. The van der Waals surface area contributed by atoms with Crippen LogP contribution < -0.4 is 4.72 Å². The second-order valence-corrected chi connectivity index (χ2v) is 11.1. The first-order valence-corrected chi connectivity index (χ1v) is 12.8. The number of esters is 1. The van der Waals surface area contributed by atoms with Crippen LogP contribution in [0.5, 0.6) is 0 Å². The fourth-order valence-electron chi connectivity index (χ4n) is 2.86. The van der Waals surface area contributed by atoms with Crippen LogP contribution in [0.2, 0.25) is 0 Å². The summed E-state index contributed by atoms with van der Waals surface area (Å²) >= 11 is 1.05. The van der Waals surface area contributed by atoms with E-state index in [1.165, 1.54) is 24.3 Å². The minimum atomic E-state index is -3.86. The molecule has 0 aliphatic heterocycles. The molecule has 2 heterocycles. The van der Waals surface area contributed by atoms with Crippen molar-refractivity contribution < 1.29 is 26.4 Å². The number of anilines is 1. The number of sulfone groups is 1. The molecule has 0 saturated carbocycles. The van der Waals surface area contributed by atoms with Crippen molar-refractivity contribution in [2.75, 3.05) is 17.1 Å². The molecule has 2 N–H and O–H groups in total. The van der Waals surface area contributed by atoms with E-state index in [2.05, 4.69) is 9.71 Å². The van der Waals surface area contributed by atoms with Crippen LogP contribution in [0.25, 0.3) is 10.9 Å². The maximum Gasteiger partial charge on any atom is 0.354 e. The molecule has 2 aromatic heterocycles. The zero-order valence-corrected chi connectivity index (χ0v) is 18.2. The Balaban J connectivity index is 2.18. The highest BCUT2D eigenvalue weighted by Gasteiger charge is 2.24. The van der Waals surface area contributed by atoms with E-state index in [1.54, 1.807) is 25.3 Å². The summed E-state index contributed by atoms with van der Waals surface area (Å²) in [5, 5.41) is 1.87. The lowest BCUT2D eigenvalue weighted by Crippen LogP contribution is -2.12. The summed E-state index contributed by atoms with van der Waals surface area (Å²) in [6.07, 6.45) is 0.422. The lowest BCUT2D eigenvalue weighted by atomic mass is 10.2. The van der Waals surface area contributed by atoms with Crippen LogP contribution in [0.1, 0.15) is 30.8 Å². The van der Waals surface area contributed by atoms with Gasteiger partial charge in [-0.25, -0.2) is 21.6 Å². The lowest BCUT2D eigenvalue weighted by Gasteiger charge is -2.10. The first-order chi connectivity index (χ1) is 13.7. The molecular formula is C18H20N2O6S3. The molecule has 0 aliphatic rings. The molecule has 0 spiro atoms. The molecule has 156 valence electrons. The van der Waals surface area contributed by atoms with Gasteiger partial charge in [-0.2, -0.15) is 0 Å². The predicted octanol–water partition coefficient (Wildman–Crippen LogP) is 3.39. The van der Waals surface area contributed by atoms with E-state index in [0.717, 1.165) is 11.3 Å². The fourth-order valence-corrected chi connectivity index (χ4v) is 6.45. The molecule has 0 atom stereocenters. The number of sulfonamides is 1. The number of benzene rings is 1. The van der Waals surface area contributed by atoms with E-state index in [9.17, 15) is 21.6 Å². The van der Waals surface area contributed by atoms with Gasteiger partial charge in [-0.15, -0.1) is 11.3 Å². The van der Waals surface area contributed by atoms with Crippen molar-refractivity contribution in [2.45, 2.75) is 29.4 Å². The molecule has 3 aromatic rings. The summed E-state index contributed by atoms with van der Waals surface area (Å²) in [6, 6.07) is 7.18. The van der Waals surface area contributed by atoms with Gasteiger partial charge >= 0.3 is 5.97 Å². The molecule has 0 fully saturated rings. The average molecular weight is 457 g/mol. The Hall–Kier alpha value is -2.37. The zero-order valence-electron chi connectivity index (χ0n) is 15.8. The fraction of sp³-hybridized carbons (Fsp3) is 0.278. The van der Waals surface area contributed by atoms with E-state index in [1.807, 2.05) is 0 Å². The highest BCUT2D eigenvalue weighted by atomic mass is 32.2. The monoisotopic (exact) mass is 456 g/mol. The number of aromatic amines is 1. The lowest BCUT2D eigenvalue weighted by molar-refractivity contribution is 0.0520. The molecule has 11 heteroatoms. The molecule has 29 heavy (non-hydrogen) atoms. The first kappa shape index (κ1) is 21.3. The van der Waals surface area contributed by atoms with Crippen LogP contribution in [-0.4, -0.2) is 40.1 Å². The number of carbonyl (C=O) groups is 1. The van der Waals surface area contributed by atoms with Gasteiger partial charge in [0.2, 0.25) is 0 Å². The summed E-state index contributed by atoms with van der Waals surface area (Å²) in [6.45, 7) is 3.55. The van der Waals surface area contributed by atoms with Gasteiger partial charge in [-0.05, 0) is 43.0 Å². The van der Waals surface area contributed by atoms with Gasteiger partial charge in [-0.1, -0.05) is 13.0 Å². The first-order valence-electron chi connectivity index (χ1n) is 8.81. The number of nitrogens with one attached hydrogen (secondary N) is 2. The third kappa shape index (κ3) is 4.31. The number of aromatic nitrogens is 1. The molecule has 0 unspecified atom stereocenters. The van der Waals surface area contributed by atoms with E-state index >= 15 is 0 Å². The number of hydrogen-bond acceptors (Lipinski definition) is 7. The average Bonchev–Trinajstić information content (AvgIpc) is 3.32. The Morgan fingerprint density at radius 3 is 2.55 bits per heavy atom. The SMILES string of the molecule is CCCS(=O)(=O)c1ccc(NS(=O)(=O)c2cccs2)c2[nH]c(C(=O)OCC)cc12. The molecule has 0 aliphatic carbocycles. The Morgan fingerprint density at radius 1 is 1.17 bits per heavy atom. The van der Waals surface area contributed by atoms with Crippen molar-refractivity contribution in [3.63, 3.8) is 0 Å². The Kier molecular flexibility index (Phi) is 6.01. The van der Waals surface area contributed by atoms with Crippen molar-refractivity contribution >= 4 is 53.8 Å². The standard InChI is InChI=1S/C18H20N2O6S3/c1-3-10-28(22,23)15-8-7-13(20-29(24,25)16-6-5-9-27-16)17-12(15)11-14(19-17)18(21)26-4-2/h5-9,11,19-20H,3-4,10H2,1-2H3. The number of hydrogen-bond donors (Lipinski definition) is 2. The van der Waals surface area contributed by atoms with Crippen molar-refractivity contribution in [3.05, 3.63) is 41.4 Å². The Morgan fingerprint density at radius 2 is 1.93 bits per heavy atom. The van der Waals surface area contributed by atoms with Crippen molar-refractivity contribution in [2.24, 2.45) is 0 Å². The van der Waals surface area contributed by atoms with Gasteiger partial charge < -0.3 is 9.72 Å². The molecule has 0 amide bonds. The maximum absolute atomic E-state index is 12.7. The van der Waals surface area contributed by atoms with Crippen molar-refractivity contribution in [1.82, 2.24) is 4.98 Å². The predicted molar refractivity (Wildman–Crippen MR) is 112 cm³/mol. The van der Waals surface area contributed by atoms with Crippen molar-refractivity contribution in [1.29, 1.82) is 0 Å². The minimum absolute atomic E-state index is 0.0280. The Bertz CT molecular complexity index is 1240. The largest absolute Gasteiger partial charge is 0.461 e. The van der Waals surface area contributed by atoms with Gasteiger partial charge in [0.1, 0.15) is 9.90 Å². The summed E-state index contributed by atoms with van der Waals surface area (Å²) in [5.41, 5.74) is 0.377.